The minimum atomic E-state index is -0.206. The number of pyridine rings is 1. The maximum Gasteiger partial charge on any atom is 0.247 e. The van der Waals surface area contributed by atoms with E-state index < -0.39 is 0 Å². The molecule has 1 unspecified atom stereocenters. The SMILES string of the molecule is C=CC(=O)Nc1cnc(N2CCCC(CC)C2)c(C)c1. The number of hydrogen-bond donors (Lipinski definition) is 1. The average Bonchev–Trinajstić information content (AvgIpc) is 2.47. The summed E-state index contributed by atoms with van der Waals surface area (Å²) in [6.45, 7) is 9.90. The second-order valence-corrected chi connectivity index (χ2v) is 5.42. The minimum Gasteiger partial charge on any atom is -0.356 e. The van der Waals surface area contributed by atoms with Crippen LogP contribution in [0.3, 0.4) is 0 Å². The summed E-state index contributed by atoms with van der Waals surface area (Å²) in [7, 11) is 0. The van der Waals surface area contributed by atoms with Gasteiger partial charge in [0.2, 0.25) is 5.91 Å². The molecule has 4 nitrogen and oxygen atoms in total. The zero-order valence-corrected chi connectivity index (χ0v) is 12.4. The number of carbonyl (C=O) groups excluding carboxylic acids is 1. The van der Waals surface area contributed by atoms with Gasteiger partial charge in [-0.05, 0) is 43.4 Å². The van der Waals surface area contributed by atoms with E-state index in [0.717, 1.165) is 36.1 Å². The number of carbonyl (C=O) groups is 1. The molecule has 2 heterocycles. The number of nitrogens with one attached hydrogen (secondary N) is 1. The second-order valence-electron chi connectivity index (χ2n) is 5.42. The number of amides is 1. The topological polar surface area (TPSA) is 45.2 Å². The predicted octanol–water partition coefficient (Wildman–Crippen LogP) is 3.14. The fourth-order valence-corrected chi connectivity index (χ4v) is 2.75. The highest BCUT2D eigenvalue weighted by molar-refractivity contribution is 5.98. The molecule has 0 bridgehead atoms. The normalized spacial score (nSPS) is 18.7. The Kier molecular flexibility index (Phi) is 4.77. The molecule has 1 aliphatic rings. The highest BCUT2D eigenvalue weighted by Gasteiger charge is 2.20. The molecule has 0 spiro atoms. The highest BCUT2D eigenvalue weighted by Crippen LogP contribution is 2.26. The van der Waals surface area contributed by atoms with Crippen molar-refractivity contribution in [1.29, 1.82) is 0 Å². The van der Waals surface area contributed by atoms with Crippen molar-refractivity contribution in [1.82, 2.24) is 4.98 Å². The van der Waals surface area contributed by atoms with E-state index in [2.05, 4.69) is 28.7 Å². The van der Waals surface area contributed by atoms with Crippen molar-refractivity contribution < 1.29 is 4.79 Å². The number of aryl methyl sites for hydroxylation is 1. The number of nitrogens with zero attached hydrogens (tertiary/aromatic N) is 2. The maximum absolute atomic E-state index is 11.3. The van der Waals surface area contributed by atoms with E-state index >= 15 is 0 Å². The molecule has 1 fully saturated rings. The Morgan fingerprint density at radius 3 is 3.10 bits per heavy atom. The molecule has 1 N–H and O–H groups in total. The van der Waals surface area contributed by atoms with Gasteiger partial charge in [0.05, 0.1) is 11.9 Å². The number of piperidine rings is 1. The van der Waals surface area contributed by atoms with E-state index in [-0.39, 0.29) is 5.91 Å². The van der Waals surface area contributed by atoms with Gasteiger partial charge in [-0.25, -0.2) is 4.98 Å². The molecular formula is C16H23N3O. The van der Waals surface area contributed by atoms with E-state index in [1.54, 1.807) is 6.20 Å². The number of hydrogen-bond acceptors (Lipinski definition) is 3. The summed E-state index contributed by atoms with van der Waals surface area (Å²) in [6, 6.07) is 1.97. The molecule has 0 saturated carbocycles. The summed E-state index contributed by atoms with van der Waals surface area (Å²) in [5.74, 6) is 1.60. The average molecular weight is 273 g/mol. The molecule has 1 aromatic rings. The van der Waals surface area contributed by atoms with Crippen molar-refractivity contribution in [3.05, 3.63) is 30.5 Å². The Hall–Kier alpha value is -1.84. The van der Waals surface area contributed by atoms with Crippen LogP contribution in [0.1, 0.15) is 31.7 Å². The molecule has 4 heteroatoms. The Morgan fingerprint density at radius 1 is 1.65 bits per heavy atom. The van der Waals surface area contributed by atoms with Crippen LogP contribution in [0.5, 0.6) is 0 Å². The lowest BCUT2D eigenvalue weighted by Gasteiger charge is -2.34. The van der Waals surface area contributed by atoms with Crippen LogP contribution in [0.2, 0.25) is 0 Å². The summed E-state index contributed by atoms with van der Waals surface area (Å²) < 4.78 is 0. The third-order valence-corrected chi connectivity index (χ3v) is 3.90. The van der Waals surface area contributed by atoms with Gasteiger partial charge >= 0.3 is 0 Å². The van der Waals surface area contributed by atoms with E-state index in [1.807, 2.05) is 13.0 Å². The van der Waals surface area contributed by atoms with Gasteiger partial charge in [0, 0.05) is 13.1 Å². The predicted molar refractivity (Wildman–Crippen MR) is 83.0 cm³/mol. The highest BCUT2D eigenvalue weighted by atomic mass is 16.1. The molecule has 0 aromatic carbocycles. The van der Waals surface area contributed by atoms with Crippen molar-refractivity contribution in [2.24, 2.45) is 5.92 Å². The molecule has 2 rings (SSSR count). The second kappa shape index (κ2) is 6.55. The molecule has 108 valence electrons. The lowest BCUT2D eigenvalue weighted by molar-refractivity contribution is -0.111. The smallest absolute Gasteiger partial charge is 0.247 e. The Bertz CT molecular complexity index is 498. The monoisotopic (exact) mass is 273 g/mol. The van der Waals surface area contributed by atoms with E-state index in [0.29, 0.717) is 0 Å². The van der Waals surface area contributed by atoms with Crippen LogP contribution >= 0.6 is 0 Å². The van der Waals surface area contributed by atoms with Gasteiger partial charge in [-0.1, -0.05) is 19.9 Å². The standard InChI is InChI=1S/C16H23N3O/c1-4-13-7-6-8-19(11-13)16-12(3)9-14(10-17-16)18-15(20)5-2/h5,9-10,13H,2,4,6-8,11H2,1,3H3,(H,18,20). The first-order valence-corrected chi connectivity index (χ1v) is 7.29. The van der Waals surface area contributed by atoms with Crippen LogP contribution in [-0.2, 0) is 4.79 Å². The Morgan fingerprint density at radius 2 is 2.45 bits per heavy atom. The molecule has 1 amide bonds. The van der Waals surface area contributed by atoms with Crippen LogP contribution in [0.25, 0.3) is 0 Å². The fourth-order valence-electron chi connectivity index (χ4n) is 2.75. The van der Waals surface area contributed by atoms with Crippen molar-refractivity contribution in [2.45, 2.75) is 33.1 Å². The van der Waals surface area contributed by atoms with Crippen molar-refractivity contribution in [3.8, 4) is 0 Å². The van der Waals surface area contributed by atoms with E-state index in [1.165, 1.54) is 25.3 Å². The van der Waals surface area contributed by atoms with Gasteiger partial charge in [-0.3, -0.25) is 4.79 Å². The summed E-state index contributed by atoms with van der Waals surface area (Å²) >= 11 is 0. The Balaban J connectivity index is 2.12. The van der Waals surface area contributed by atoms with Gasteiger partial charge in [-0.15, -0.1) is 0 Å². The molecule has 20 heavy (non-hydrogen) atoms. The molecule has 0 aliphatic carbocycles. The molecular weight excluding hydrogens is 250 g/mol. The summed E-state index contributed by atoms with van der Waals surface area (Å²) in [6.07, 6.45) is 6.76. The molecule has 0 radical (unpaired) electrons. The first-order valence-electron chi connectivity index (χ1n) is 7.29. The zero-order chi connectivity index (χ0) is 14.5. The third-order valence-electron chi connectivity index (χ3n) is 3.90. The van der Waals surface area contributed by atoms with Crippen molar-refractivity contribution >= 4 is 17.4 Å². The van der Waals surface area contributed by atoms with E-state index in [9.17, 15) is 4.79 Å². The van der Waals surface area contributed by atoms with Crippen LogP contribution in [0, 0.1) is 12.8 Å². The lowest BCUT2D eigenvalue weighted by Crippen LogP contribution is -2.36. The van der Waals surface area contributed by atoms with Gasteiger partial charge in [-0.2, -0.15) is 0 Å². The minimum absolute atomic E-state index is 0.206. The number of rotatable bonds is 4. The van der Waals surface area contributed by atoms with Gasteiger partial charge < -0.3 is 10.2 Å². The molecule has 1 saturated heterocycles. The first-order chi connectivity index (χ1) is 9.63. The zero-order valence-electron chi connectivity index (χ0n) is 12.4. The Labute approximate surface area is 120 Å². The molecule has 1 aromatic heterocycles. The van der Waals surface area contributed by atoms with Gasteiger partial charge in [0.25, 0.3) is 0 Å². The summed E-state index contributed by atoms with van der Waals surface area (Å²) in [4.78, 5) is 18.2. The van der Waals surface area contributed by atoms with Crippen molar-refractivity contribution in [2.75, 3.05) is 23.3 Å². The number of anilines is 2. The van der Waals surface area contributed by atoms with Gasteiger partial charge in [0.15, 0.2) is 0 Å². The molecule has 1 aliphatic heterocycles. The fraction of sp³-hybridized carbons (Fsp3) is 0.500. The van der Waals surface area contributed by atoms with Crippen molar-refractivity contribution in [3.63, 3.8) is 0 Å². The van der Waals surface area contributed by atoms with Gasteiger partial charge in [0.1, 0.15) is 5.82 Å². The van der Waals surface area contributed by atoms with E-state index in [4.69, 9.17) is 0 Å². The van der Waals surface area contributed by atoms with Crippen LogP contribution < -0.4 is 10.2 Å². The lowest BCUT2D eigenvalue weighted by atomic mass is 9.95. The summed E-state index contributed by atoms with van der Waals surface area (Å²) in [5.41, 5.74) is 1.82. The largest absolute Gasteiger partial charge is 0.356 e. The third kappa shape index (κ3) is 3.38. The number of aromatic nitrogens is 1. The van der Waals surface area contributed by atoms with Crippen LogP contribution in [-0.4, -0.2) is 24.0 Å². The van der Waals surface area contributed by atoms with Crippen LogP contribution in [0.4, 0.5) is 11.5 Å². The first kappa shape index (κ1) is 14.6. The molecule has 1 atom stereocenters. The summed E-state index contributed by atoms with van der Waals surface area (Å²) in [5, 5.41) is 2.74. The quantitative estimate of drug-likeness (QED) is 0.857. The maximum atomic E-state index is 11.3. The van der Waals surface area contributed by atoms with Crippen LogP contribution in [0.15, 0.2) is 24.9 Å².